The van der Waals surface area contributed by atoms with Crippen molar-refractivity contribution < 1.29 is 4.79 Å². The van der Waals surface area contributed by atoms with Gasteiger partial charge in [0.25, 0.3) is 0 Å². The van der Waals surface area contributed by atoms with E-state index >= 15 is 0 Å². The van der Waals surface area contributed by atoms with E-state index in [1.165, 1.54) is 6.42 Å². The molecule has 0 aliphatic carbocycles. The van der Waals surface area contributed by atoms with Crippen LogP contribution in [0.4, 0.5) is 0 Å². The molecule has 1 N–H and O–H groups in total. The summed E-state index contributed by atoms with van der Waals surface area (Å²) >= 11 is 0. The number of para-hydroxylation sites is 1. The van der Waals surface area contributed by atoms with E-state index < -0.39 is 0 Å². The minimum Gasteiger partial charge on any atom is -0.361 e. The van der Waals surface area contributed by atoms with Gasteiger partial charge < -0.3 is 14.5 Å². The fourth-order valence-electron chi connectivity index (χ4n) is 4.63. The van der Waals surface area contributed by atoms with E-state index in [1.807, 2.05) is 29.3 Å². The predicted octanol–water partition coefficient (Wildman–Crippen LogP) is 2.15. The maximum Gasteiger partial charge on any atom is 0.227 e. The molecule has 1 amide bonds. The number of carbonyl (C=O) groups excluding carboxylic acids is 1. The molecule has 1 aromatic carbocycles. The molecule has 2 aliphatic rings. The van der Waals surface area contributed by atoms with Gasteiger partial charge in [0.15, 0.2) is 0 Å². The molecule has 3 aromatic rings. The molecule has 0 bridgehead atoms. The van der Waals surface area contributed by atoms with Crippen molar-refractivity contribution in [2.45, 2.75) is 38.3 Å². The topological polar surface area (TPSA) is 70.1 Å². The molecule has 1 saturated heterocycles. The third-order valence-corrected chi connectivity index (χ3v) is 6.24. The highest BCUT2D eigenvalue weighted by molar-refractivity contribution is 5.88. The number of likely N-dealkylation sites (tertiary alicyclic amines) is 1. The Morgan fingerprint density at radius 3 is 2.93 bits per heavy atom. The summed E-state index contributed by atoms with van der Waals surface area (Å²) in [6.45, 7) is 3.32. The Morgan fingerprint density at radius 1 is 1.18 bits per heavy atom. The number of amides is 1. The third-order valence-electron chi connectivity index (χ3n) is 6.24. The van der Waals surface area contributed by atoms with Crippen LogP contribution in [0.1, 0.15) is 36.1 Å². The van der Waals surface area contributed by atoms with Crippen LogP contribution in [0, 0.1) is 0 Å². The third kappa shape index (κ3) is 2.99. The first-order valence-corrected chi connectivity index (χ1v) is 10.2. The predicted molar refractivity (Wildman–Crippen MR) is 107 cm³/mol. The van der Waals surface area contributed by atoms with E-state index in [4.69, 9.17) is 0 Å². The second-order valence-electron chi connectivity index (χ2n) is 7.93. The number of rotatable bonds is 3. The first kappa shape index (κ1) is 17.4. The highest BCUT2D eigenvalue weighted by Gasteiger charge is 2.30. The van der Waals surface area contributed by atoms with Gasteiger partial charge in [-0.15, -0.1) is 10.2 Å². The van der Waals surface area contributed by atoms with Crippen LogP contribution in [-0.2, 0) is 24.2 Å². The number of nitrogens with zero attached hydrogens (tertiary/aromatic N) is 5. The van der Waals surface area contributed by atoms with Gasteiger partial charge in [-0.05, 0) is 38.1 Å². The number of H-pyrrole nitrogens is 1. The van der Waals surface area contributed by atoms with Crippen LogP contribution in [0.3, 0.4) is 0 Å². The zero-order valence-corrected chi connectivity index (χ0v) is 16.3. The van der Waals surface area contributed by atoms with E-state index in [2.05, 4.69) is 37.8 Å². The second-order valence-corrected chi connectivity index (χ2v) is 7.93. The minimum absolute atomic E-state index is 0.183. The summed E-state index contributed by atoms with van der Waals surface area (Å²) in [5, 5.41) is 10.1. The lowest BCUT2D eigenvalue weighted by atomic mass is 10.1. The molecule has 0 spiro atoms. The van der Waals surface area contributed by atoms with Gasteiger partial charge in [0.1, 0.15) is 11.6 Å². The molecule has 1 fully saturated rings. The van der Waals surface area contributed by atoms with Crippen molar-refractivity contribution >= 4 is 16.8 Å². The van der Waals surface area contributed by atoms with E-state index in [1.54, 1.807) is 0 Å². The van der Waals surface area contributed by atoms with Gasteiger partial charge in [0, 0.05) is 43.2 Å². The molecule has 2 aliphatic heterocycles. The molecule has 146 valence electrons. The average Bonchev–Trinajstić information content (AvgIpc) is 3.37. The number of carbonyl (C=O) groups is 1. The number of hydrogen-bond acceptors (Lipinski definition) is 4. The monoisotopic (exact) mass is 378 g/mol. The van der Waals surface area contributed by atoms with Gasteiger partial charge >= 0.3 is 0 Å². The molecular formula is C21H26N6O. The lowest BCUT2D eigenvalue weighted by Crippen LogP contribution is -2.35. The Bertz CT molecular complexity index is 1010. The maximum absolute atomic E-state index is 13.0. The van der Waals surface area contributed by atoms with E-state index in [0.717, 1.165) is 60.6 Å². The van der Waals surface area contributed by atoms with Gasteiger partial charge in [-0.25, -0.2) is 0 Å². The molecular weight excluding hydrogens is 352 g/mol. The average molecular weight is 378 g/mol. The summed E-state index contributed by atoms with van der Waals surface area (Å²) in [7, 11) is 2.16. The number of nitrogens with one attached hydrogen (secondary N) is 1. The highest BCUT2D eigenvalue weighted by atomic mass is 16.2. The summed E-state index contributed by atoms with van der Waals surface area (Å²) in [5.41, 5.74) is 2.15. The normalized spacial score (nSPS) is 20.5. The molecule has 0 radical (unpaired) electrons. The summed E-state index contributed by atoms with van der Waals surface area (Å²) < 4.78 is 2.26. The van der Waals surface area contributed by atoms with Gasteiger partial charge in [0.05, 0.1) is 12.5 Å². The van der Waals surface area contributed by atoms with E-state index in [-0.39, 0.29) is 5.91 Å². The molecule has 28 heavy (non-hydrogen) atoms. The SMILES string of the molecule is CN1CCC[C@@H]1c1nnc2n1CCN(C(=O)Cc1c[nH]c3ccccc13)CC2. The standard InChI is InChI=1S/C21H26N6O/c1-25-9-4-7-18(25)21-24-23-19-8-10-26(11-12-27(19)21)20(28)13-15-14-22-17-6-3-2-5-16(15)17/h2-3,5-6,14,18,22H,4,7-13H2,1H3/t18-/m1/s1. The summed E-state index contributed by atoms with van der Waals surface area (Å²) in [6, 6.07) is 8.50. The van der Waals surface area contributed by atoms with Gasteiger partial charge in [-0.1, -0.05) is 18.2 Å². The molecule has 7 heteroatoms. The Hall–Kier alpha value is -2.67. The van der Waals surface area contributed by atoms with Crippen molar-refractivity contribution in [1.29, 1.82) is 0 Å². The molecule has 2 aromatic heterocycles. The zero-order chi connectivity index (χ0) is 19.1. The van der Waals surface area contributed by atoms with Crippen LogP contribution >= 0.6 is 0 Å². The summed E-state index contributed by atoms with van der Waals surface area (Å²) in [5.74, 6) is 2.27. The Labute approximate surface area is 164 Å². The Morgan fingerprint density at radius 2 is 2.07 bits per heavy atom. The first-order chi connectivity index (χ1) is 13.7. The highest BCUT2D eigenvalue weighted by Crippen LogP contribution is 2.30. The van der Waals surface area contributed by atoms with Gasteiger partial charge in [-0.2, -0.15) is 0 Å². The number of benzene rings is 1. The van der Waals surface area contributed by atoms with Gasteiger partial charge in [0.2, 0.25) is 5.91 Å². The quantitative estimate of drug-likeness (QED) is 0.758. The van der Waals surface area contributed by atoms with Crippen LogP contribution < -0.4 is 0 Å². The molecule has 0 saturated carbocycles. The lowest BCUT2D eigenvalue weighted by molar-refractivity contribution is -0.130. The van der Waals surface area contributed by atoms with Crippen LogP contribution in [0.5, 0.6) is 0 Å². The lowest BCUT2D eigenvalue weighted by Gasteiger charge is -2.21. The molecule has 0 unspecified atom stereocenters. The summed E-state index contributed by atoms with van der Waals surface area (Å²) in [4.78, 5) is 20.6. The van der Waals surface area contributed by atoms with Gasteiger partial charge in [-0.3, -0.25) is 9.69 Å². The molecule has 1 atom stereocenters. The molecule has 7 nitrogen and oxygen atoms in total. The van der Waals surface area contributed by atoms with Crippen LogP contribution in [0.15, 0.2) is 30.5 Å². The van der Waals surface area contributed by atoms with Crippen molar-refractivity contribution in [3.05, 3.63) is 47.7 Å². The molecule has 4 heterocycles. The van der Waals surface area contributed by atoms with E-state index in [0.29, 0.717) is 19.0 Å². The minimum atomic E-state index is 0.183. The summed E-state index contributed by atoms with van der Waals surface area (Å²) in [6.07, 6.45) is 5.51. The number of hydrogen-bond donors (Lipinski definition) is 1. The Kier molecular flexibility index (Phi) is 4.39. The van der Waals surface area contributed by atoms with Crippen molar-refractivity contribution in [3.8, 4) is 0 Å². The molecule has 5 rings (SSSR count). The van der Waals surface area contributed by atoms with Crippen molar-refractivity contribution in [2.75, 3.05) is 26.7 Å². The number of aromatic amines is 1. The largest absolute Gasteiger partial charge is 0.361 e. The fraction of sp³-hybridized carbons (Fsp3) is 0.476. The maximum atomic E-state index is 13.0. The number of fused-ring (bicyclic) bond motifs is 2. The number of aromatic nitrogens is 4. The van der Waals surface area contributed by atoms with Crippen LogP contribution in [0.2, 0.25) is 0 Å². The Balaban J connectivity index is 1.30. The van der Waals surface area contributed by atoms with Crippen molar-refractivity contribution in [3.63, 3.8) is 0 Å². The van der Waals surface area contributed by atoms with Crippen molar-refractivity contribution in [1.82, 2.24) is 29.5 Å². The zero-order valence-electron chi connectivity index (χ0n) is 16.3. The van der Waals surface area contributed by atoms with Crippen LogP contribution in [0.25, 0.3) is 10.9 Å². The fourth-order valence-corrected chi connectivity index (χ4v) is 4.63. The van der Waals surface area contributed by atoms with E-state index in [9.17, 15) is 4.79 Å². The first-order valence-electron chi connectivity index (χ1n) is 10.2. The second kappa shape index (κ2) is 7.05. The smallest absolute Gasteiger partial charge is 0.227 e. The van der Waals surface area contributed by atoms with Crippen molar-refractivity contribution in [2.24, 2.45) is 0 Å². The van der Waals surface area contributed by atoms with Crippen LogP contribution in [-0.4, -0.2) is 62.1 Å².